The SMILES string of the molecule is COC1(C(=O)N2CCC(OCC3CCCCO3)CC2)CCNCC1. The van der Waals surface area contributed by atoms with Gasteiger partial charge in [0.2, 0.25) is 0 Å². The third kappa shape index (κ3) is 4.28. The molecule has 138 valence electrons. The molecule has 1 amide bonds. The average Bonchev–Trinajstić information content (AvgIpc) is 2.67. The van der Waals surface area contributed by atoms with E-state index in [1.165, 1.54) is 12.8 Å². The average molecular weight is 340 g/mol. The van der Waals surface area contributed by atoms with Crippen LogP contribution in [-0.4, -0.2) is 75.1 Å². The maximum Gasteiger partial charge on any atom is 0.254 e. The highest BCUT2D eigenvalue weighted by molar-refractivity contribution is 5.85. The highest BCUT2D eigenvalue weighted by Gasteiger charge is 2.43. The normalized spacial score (nSPS) is 28.7. The van der Waals surface area contributed by atoms with Crippen molar-refractivity contribution in [2.24, 2.45) is 0 Å². The molecule has 1 unspecified atom stereocenters. The predicted molar refractivity (Wildman–Crippen MR) is 91.0 cm³/mol. The van der Waals surface area contributed by atoms with Crippen molar-refractivity contribution in [1.82, 2.24) is 10.2 Å². The molecule has 0 saturated carbocycles. The minimum atomic E-state index is -0.616. The molecule has 0 aromatic heterocycles. The van der Waals surface area contributed by atoms with Crippen LogP contribution in [0.3, 0.4) is 0 Å². The summed E-state index contributed by atoms with van der Waals surface area (Å²) in [4.78, 5) is 14.9. The zero-order valence-corrected chi connectivity index (χ0v) is 14.9. The monoisotopic (exact) mass is 340 g/mol. The molecule has 3 aliphatic rings. The van der Waals surface area contributed by atoms with E-state index in [0.717, 1.165) is 64.9 Å². The Kier molecular flexibility index (Phi) is 6.49. The number of methoxy groups -OCH3 is 1. The Hall–Kier alpha value is -0.690. The minimum Gasteiger partial charge on any atom is -0.376 e. The molecule has 3 heterocycles. The number of rotatable bonds is 5. The number of piperidine rings is 2. The second-order valence-corrected chi connectivity index (χ2v) is 7.26. The molecule has 3 aliphatic heterocycles. The summed E-state index contributed by atoms with van der Waals surface area (Å²) in [5, 5.41) is 3.30. The number of hydrogen-bond donors (Lipinski definition) is 1. The van der Waals surface area contributed by atoms with Gasteiger partial charge in [-0.3, -0.25) is 4.79 Å². The van der Waals surface area contributed by atoms with Gasteiger partial charge in [0.05, 0.1) is 18.8 Å². The second-order valence-electron chi connectivity index (χ2n) is 7.26. The van der Waals surface area contributed by atoms with Gasteiger partial charge in [-0.15, -0.1) is 0 Å². The number of carbonyl (C=O) groups is 1. The van der Waals surface area contributed by atoms with Crippen LogP contribution in [0, 0.1) is 0 Å². The van der Waals surface area contributed by atoms with E-state index >= 15 is 0 Å². The molecule has 0 aromatic carbocycles. The van der Waals surface area contributed by atoms with Gasteiger partial charge in [-0.2, -0.15) is 0 Å². The summed E-state index contributed by atoms with van der Waals surface area (Å²) in [5.74, 6) is 0.167. The zero-order valence-electron chi connectivity index (χ0n) is 14.9. The predicted octanol–water partition coefficient (Wildman–Crippen LogP) is 1.33. The molecule has 0 bridgehead atoms. The summed E-state index contributed by atoms with van der Waals surface area (Å²) in [6, 6.07) is 0. The molecule has 3 rings (SSSR count). The zero-order chi connectivity index (χ0) is 16.8. The van der Waals surface area contributed by atoms with Gasteiger partial charge in [-0.05, 0) is 58.0 Å². The van der Waals surface area contributed by atoms with Crippen LogP contribution in [0.25, 0.3) is 0 Å². The Morgan fingerprint density at radius 3 is 2.58 bits per heavy atom. The van der Waals surface area contributed by atoms with Crippen molar-refractivity contribution in [3.63, 3.8) is 0 Å². The molecule has 3 saturated heterocycles. The molecular formula is C18H32N2O4. The fourth-order valence-corrected chi connectivity index (χ4v) is 4.03. The molecule has 0 aromatic rings. The number of likely N-dealkylation sites (tertiary alicyclic amines) is 1. The van der Waals surface area contributed by atoms with E-state index in [1.807, 2.05) is 4.90 Å². The number of ether oxygens (including phenoxy) is 3. The van der Waals surface area contributed by atoms with Gasteiger partial charge < -0.3 is 24.4 Å². The quantitative estimate of drug-likeness (QED) is 0.818. The van der Waals surface area contributed by atoms with Gasteiger partial charge in [-0.1, -0.05) is 0 Å². The number of nitrogens with one attached hydrogen (secondary N) is 1. The lowest BCUT2D eigenvalue weighted by atomic mass is 9.89. The molecule has 0 spiro atoms. The number of amides is 1. The van der Waals surface area contributed by atoms with Crippen molar-refractivity contribution < 1.29 is 19.0 Å². The Bertz CT molecular complexity index is 398. The van der Waals surface area contributed by atoms with Crippen LogP contribution in [0.2, 0.25) is 0 Å². The maximum absolute atomic E-state index is 12.9. The van der Waals surface area contributed by atoms with Crippen LogP contribution in [-0.2, 0) is 19.0 Å². The van der Waals surface area contributed by atoms with Gasteiger partial charge in [0, 0.05) is 26.8 Å². The molecule has 1 N–H and O–H groups in total. The van der Waals surface area contributed by atoms with E-state index in [9.17, 15) is 4.79 Å². The van der Waals surface area contributed by atoms with E-state index in [0.29, 0.717) is 6.61 Å². The van der Waals surface area contributed by atoms with Crippen LogP contribution in [0.15, 0.2) is 0 Å². The fraction of sp³-hybridized carbons (Fsp3) is 0.944. The summed E-state index contributed by atoms with van der Waals surface area (Å²) in [6.07, 6.45) is 7.41. The molecular weight excluding hydrogens is 308 g/mol. The first kappa shape index (κ1) is 18.1. The van der Waals surface area contributed by atoms with Gasteiger partial charge in [0.15, 0.2) is 0 Å². The van der Waals surface area contributed by atoms with E-state index in [-0.39, 0.29) is 18.1 Å². The van der Waals surface area contributed by atoms with Crippen molar-refractivity contribution >= 4 is 5.91 Å². The van der Waals surface area contributed by atoms with E-state index in [4.69, 9.17) is 14.2 Å². The van der Waals surface area contributed by atoms with Crippen molar-refractivity contribution in [3.05, 3.63) is 0 Å². The molecule has 0 radical (unpaired) electrons. The first-order valence-corrected chi connectivity index (χ1v) is 9.52. The Labute approximate surface area is 145 Å². The first-order chi connectivity index (χ1) is 11.7. The van der Waals surface area contributed by atoms with Gasteiger partial charge in [-0.25, -0.2) is 0 Å². The number of carbonyl (C=O) groups excluding carboxylic acids is 1. The summed E-state index contributed by atoms with van der Waals surface area (Å²) in [5.41, 5.74) is -0.616. The lowest BCUT2D eigenvalue weighted by Gasteiger charge is -2.41. The maximum atomic E-state index is 12.9. The Morgan fingerprint density at radius 2 is 1.96 bits per heavy atom. The van der Waals surface area contributed by atoms with E-state index < -0.39 is 5.60 Å². The summed E-state index contributed by atoms with van der Waals surface area (Å²) >= 11 is 0. The van der Waals surface area contributed by atoms with E-state index in [2.05, 4.69) is 5.32 Å². The lowest BCUT2D eigenvalue weighted by molar-refractivity contribution is -0.161. The second kappa shape index (κ2) is 8.61. The summed E-state index contributed by atoms with van der Waals surface area (Å²) < 4.78 is 17.4. The lowest BCUT2D eigenvalue weighted by Crippen LogP contribution is -2.57. The Morgan fingerprint density at radius 1 is 1.21 bits per heavy atom. The molecule has 6 heteroatoms. The van der Waals surface area contributed by atoms with Crippen LogP contribution in [0.4, 0.5) is 0 Å². The van der Waals surface area contributed by atoms with E-state index in [1.54, 1.807) is 7.11 Å². The highest BCUT2D eigenvalue weighted by Crippen LogP contribution is 2.27. The molecule has 0 aliphatic carbocycles. The van der Waals surface area contributed by atoms with Crippen molar-refractivity contribution in [3.8, 4) is 0 Å². The first-order valence-electron chi connectivity index (χ1n) is 9.52. The van der Waals surface area contributed by atoms with Gasteiger partial charge >= 0.3 is 0 Å². The standard InChI is InChI=1S/C18H32N2O4/c1-22-18(7-9-19-10-8-18)17(21)20-11-5-15(6-12-20)24-14-16-4-2-3-13-23-16/h15-16,19H,2-14H2,1H3. The fourth-order valence-electron chi connectivity index (χ4n) is 4.03. The highest BCUT2D eigenvalue weighted by atomic mass is 16.5. The molecule has 1 atom stereocenters. The van der Waals surface area contributed by atoms with Crippen LogP contribution in [0.1, 0.15) is 44.9 Å². The van der Waals surface area contributed by atoms with Crippen LogP contribution >= 0.6 is 0 Å². The summed E-state index contributed by atoms with van der Waals surface area (Å²) in [7, 11) is 1.67. The largest absolute Gasteiger partial charge is 0.376 e. The third-order valence-corrected chi connectivity index (χ3v) is 5.71. The van der Waals surface area contributed by atoms with Gasteiger partial charge in [0.25, 0.3) is 5.91 Å². The molecule has 6 nitrogen and oxygen atoms in total. The van der Waals surface area contributed by atoms with Crippen LogP contribution in [0.5, 0.6) is 0 Å². The van der Waals surface area contributed by atoms with Crippen molar-refractivity contribution in [1.29, 1.82) is 0 Å². The van der Waals surface area contributed by atoms with Crippen molar-refractivity contribution in [2.75, 3.05) is 46.5 Å². The number of hydrogen-bond acceptors (Lipinski definition) is 5. The molecule has 3 fully saturated rings. The van der Waals surface area contributed by atoms with Gasteiger partial charge in [0.1, 0.15) is 5.60 Å². The van der Waals surface area contributed by atoms with Crippen molar-refractivity contribution in [2.45, 2.75) is 62.8 Å². The smallest absolute Gasteiger partial charge is 0.254 e. The summed E-state index contributed by atoms with van der Waals surface area (Å²) in [6.45, 7) is 4.81. The minimum absolute atomic E-state index is 0.167. The Balaban J connectivity index is 1.43. The topological polar surface area (TPSA) is 60.0 Å². The molecule has 24 heavy (non-hydrogen) atoms. The third-order valence-electron chi connectivity index (χ3n) is 5.71. The number of nitrogens with zero attached hydrogens (tertiary/aromatic N) is 1. The van der Waals surface area contributed by atoms with Crippen LogP contribution < -0.4 is 5.32 Å².